The van der Waals surface area contributed by atoms with Gasteiger partial charge in [-0.2, -0.15) is 0 Å². The number of nitrogens with one attached hydrogen (secondary N) is 2. The third-order valence-corrected chi connectivity index (χ3v) is 13.5. The van der Waals surface area contributed by atoms with Crippen molar-refractivity contribution in [3.05, 3.63) is 92.2 Å². The van der Waals surface area contributed by atoms with Crippen molar-refractivity contribution in [2.45, 2.75) is 132 Å². The summed E-state index contributed by atoms with van der Waals surface area (Å²) in [6.45, 7) is 18.5. The van der Waals surface area contributed by atoms with E-state index in [1.165, 1.54) is 87.5 Å². The molecule has 5 aromatic heterocycles. The third-order valence-electron chi connectivity index (χ3n) is 11.7. The Morgan fingerprint density at radius 3 is 1.28 bits per heavy atom. The summed E-state index contributed by atoms with van der Waals surface area (Å²) in [5.74, 6) is 0. The second kappa shape index (κ2) is 16.8. The predicted molar refractivity (Wildman–Crippen MR) is 238 cm³/mol. The van der Waals surface area contributed by atoms with E-state index >= 15 is 0 Å². The molecule has 6 heteroatoms. The number of aryl methyl sites for hydroxylation is 4. The van der Waals surface area contributed by atoms with Gasteiger partial charge in [0.2, 0.25) is 0 Å². The molecule has 0 aromatic carbocycles. The van der Waals surface area contributed by atoms with Gasteiger partial charge in [-0.3, -0.25) is 0 Å². The lowest BCUT2D eigenvalue weighted by Gasteiger charge is -2.07. The van der Waals surface area contributed by atoms with Crippen LogP contribution in [0.25, 0.3) is 65.2 Å². The van der Waals surface area contributed by atoms with Crippen LogP contribution in [0.2, 0.25) is 0 Å². The zero-order valence-corrected chi connectivity index (χ0v) is 35.4. The van der Waals surface area contributed by atoms with Crippen LogP contribution >= 0.6 is 22.7 Å². The Bertz CT molecular complexity index is 2190. The van der Waals surface area contributed by atoms with Crippen molar-refractivity contribution in [2.75, 3.05) is 0 Å². The lowest BCUT2D eigenvalue weighted by molar-refractivity contribution is 0.796. The van der Waals surface area contributed by atoms with Crippen LogP contribution in [0.5, 0.6) is 0 Å². The number of H-pyrrole nitrogens is 2. The van der Waals surface area contributed by atoms with Gasteiger partial charge in [0.1, 0.15) is 0 Å². The summed E-state index contributed by atoms with van der Waals surface area (Å²) in [4.78, 5) is 22.0. The molecule has 54 heavy (non-hydrogen) atoms. The van der Waals surface area contributed by atoms with E-state index in [-0.39, 0.29) is 0 Å². The molecule has 5 aromatic rings. The van der Waals surface area contributed by atoms with Gasteiger partial charge in [-0.05, 0) is 159 Å². The molecule has 0 saturated heterocycles. The first-order valence-corrected chi connectivity index (χ1v) is 22.3. The first kappa shape index (κ1) is 38.3. The lowest BCUT2D eigenvalue weighted by Crippen LogP contribution is -1.89. The van der Waals surface area contributed by atoms with Gasteiger partial charge >= 0.3 is 0 Å². The van der Waals surface area contributed by atoms with E-state index in [1.807, 2.05) is 22.7 Å². The molecule has 0 atom stereocenters. The van der Waals surface area contributed by atoms with E-state index in [2.05, 4.69) is 113 Å². The first-order chi connectivity index (χ1) is 26.3. The number of allylic oxidation sites excluding steroid dienone is 4. The summed E-state index contributed by atoms with van der Waals surface area (Å²) in [5, 5.41) is 4.41. The molecule has 0 fully saturated rings. The van der Waals surface area contributed by atoms with Gasteiger partial charge in [-0.25, -0.2) is 9.97 Å². The number of hydrogen-bond acceptors (Lipinski definition) is 4. The Labute approximate surface area is 330 Å². The van der Waals surface area contributed by atoms with Gasteiger partial charge in [-0.1, -0.05) is 65.5 Å². The lowest BCUT2D eigenvalue weighted by atomic mass is 9.96. The molecule has 4 nitrogen and oxygen atoms in total. The quantitative estimate of drug-likeness (QED) is 0.119. The fraction of sp³-hybridized carbons (Fsp3) is 0.417. The van der Waals surface area contributed by atoms with Gasteiger partial charge in [0, 0.05) is 31.9 Å². The molecular formula is C48H58N4S2. The molecule has 2 N–H and O–H groups in total. The highest BCUT2D eigenvalue weighted by molar-refractivity contribution is 7.14. The number of fused-ring (bicyclic) bond motifs is 8. The van der Waals surface area contributed by atoms with Crippen LogP contribution in [0.1, 0.15) is 151 Å². The van der Waals surface area contributed by atoms with Crippen LogP contribution in [0.4, 0.5) is 0 Å². The first-order valence-electron chi connectivity index (χ1n) is 20.6. The number of aromatic nitrogens is 4. The van der Waals surface area contributed by atoms with Crippen LogP contribution in [-0.2, 0) is 12.8 Å². The Morgan fingerprint density at radius 2 is 0.926 bits per heavy atom. The molecule has 2 aliphatic rings. The van der Waals surface area contributed by atoms with Gasteiger partial charge in [-0.15, -0.1) is 22.7 Å². The predicted octanol–water partition coefficient (Wildman–Crippen LogP) is 15.3. The Kier molecular flexibility index (Phi) is 11.9. The molecule has 0 aliphatic carbocycles. The van der Waals surface area contributed by atoms with E-state index in [0.717, 1.165) is 99.8 Å². The topological polar surface area (TPSA) is 57.4 Å². The SMILES string of the molecule is CCCCC1=C(C)c2nc1cc1[nH]c(c(C)c1CCCC)c(-c1cccs1)c1nc(cc3[nH]c(c(C)c3CCCC)c2-c2cccs2)C(CCCC)=C1C. The highest BCUT2D eigenvalue weighted by Gasteiger charge is 2.26. The summed E-state index contributed by atoms with van der Waals surface area (Å²) in [7, 11) is 0. The van der Waals surface area contributed by atoms with Crippen molar-refractivity contribution in [1.82, 2.24) is 19.9 Å². The third kappa shape index (κ3) is 7.12. The molecule has 0 amide bonds. The van der Waals surface area contributed by atoms with E-state index in [9.17, 15) is 0 Å². The van der Waals surface area contributed by atoms with Crippen LogP contribution in [0.15, 0.2) is 47.2 Å². The average molecular weight is 755 g/mol. The molecule has 0 unspecified atom stereocenters. The fourth-order valence-corrected chi connectivity index (χ4v) is 10.1. The molecule has 8 bridgehead atoms. The fourth-order valence-electron chi connectivity index (χ4n) is 8.52. The van der Waals surface area contributed by atoms with Gasteiger partial charge in [0.15, 0.2) is 0 Å². The second-order valence-electron chi connectivity index (χ2n) is 15.3. The molecule has 7 rings (SSSR count). The molecular weight excluding hydrogens is 697 g/mol. The van der Waals surface area contributed by atoms with E-state index in [0.29, 0.717) is 0 Å². The Morgan fingerprint density at radius 1 is 0.537 bits per heavy atom. The van der Waals surface area contributed by atoms with E-state index in [4.69, 9.17) is 9.97 Å². The van der Waals surface area contributed by atoms with Crippen molar-refractivity contribution < 1.29 is 0 Å². The number of hydrogen-bond donors (Lipinski definition) is 2. The largest absolute Gasteiger partial charge is 0.354 e. The Balaban J connectivity index is 1.73. The standard InChI is InChI=1S/C48H58N4S2/c1-9-13-19-33-29(5)45-43(41-23-17-25-53-41)46-31(7)35(21-15-11-3)39(51-46)28-40-36(22-16-12-4)32(8)48(52-40)44(42-24-18-26-54-42)47-30(6)34(20-14-10-2)38(50-47)27-37(33)49-45/h17-18,23-28,49,52H,9-16,19-22H2,1-8H3. The monoisotopic (exact) mass is 754 g/mol. The number of aromatic amines is 2. The van der Waals surface area contributed by atoms with Crippen molar-refractivity contribution in [1.29, 1.82) is 0 Å². The average Bonchev–Trinajstić information content (AvgIpc) is 4.03. The van der Waals surface area contributed by atoms with Crippen LogP contribution < -0.4 is 0 Å². The molecule has 2 aliphatic heterocycles. The molecule has 7 heterocycles. The van der Waals surface area contributed by atoms with Crippen molar-refractivity contribution in [2.24, 2.45) is 0 Å². The van der Waals surface area contributed by atoms with Crippen molar-refractivity contribution in [3.8, 4) is 20.9 Å². The zero-order chi connectivity index (χ0) is 37.9. The second-order valence-corrected chi connectivity index (χ2v) is 17.2. The molecule has 0 spiro atoms. The van der Waals surface area contributed by atoms with Gasteiger partial charge < -0.3 is 9.97 Å². The number of rotatable bonds is 14. The number of unbranched alkanes of at least 4 members (excludes halogenated alkanes) is 4. The van der Waals surface area contributed by atoms with Crippen LogP contribution in [-0.4, -0.2) is 19.9 Å². The molecule has 0 radical (unpaired) electrons. The summed E-state index contributed by atoms with van der Waals surface area (Å²) >= 11 is 3.62. The Hall–Kier alpha value is -4.00. The normalized spacial score (nSPS) is 13.2. The van der Waals surface area contributed by atoms with E-state index in [1.54, 1.807) is 0 Å². The highest BCUT2D eigenvalue weighted by atomic mass is 32.1. The number of nitrogens with zero attached hydrogens (tertiary/aromatic N) is 2. The van der Waals surface area contributed by atoms with Gasteiger partial charge in [0.25, 0.3) is 0 Å². The van der Waals surface area contributed by atoms with E-state index < -0.39 is 0 Å². The summed E-state index contributed by atoms with van der Waals surface area (Å²) in [6.07, 6.45) is 13.3. The van der Waals surface area contributed by atoms with Crippen molar-refractivity contribution >= 4 is 67.0 Å². The zero-order valence-electron chi connectivity index (χ0n) is 33.8. The highest BCUT2D eigenvalue weighted by Crippen LogP contribution is 2.45. The number of thiophene rings is 2. The summed E-state index contributed by atoms with van der Waals surface area (Å²) in [6, 6.07) is 13.7. The van der Waals surface area contributed by atoms with Crippen LogP contribution in [0, 0.1) is 13.8 Å². The minimum absolute atomic E-state index is 1.02. The van der Waals surface area contributed by atoms with Gasteiger partial charge in [0.05, 0.1) is 33.8 Å². The summed E-state index contributed by atoms with van der Waals surface area (Å²) in [5.41, 5.74) is 22.5. The van der Waals surface area contributed by atoms with Crippen LogP contribution in [0.3, 0.4) is 0 Å². The maximum absolute atomic E-state index is 5.67. The maximum atomic E-state index is 5.67. The molecule has 282 valence electrons. The van der Waals surface area contributed by atoms with Crippen molar-refractivity contribution in [3.63, 3.8) is 0 Å². The maximum Gasteiger partial charge on any atom is 0.0777 e. The minimum atomic E-state index is 1.02. The smallest absolute Gasteiger partial charge is 0.0777 e. The molecule has 0 saturated carbocycles. The minimum Gasteiger partial charge on any atom is -0.354 e. The summed E-state index contributed by atoms with van der Waals surface area (Å²) < 4.78 is 0.